The molecular formula is C16H23N3OS. The van der Waals surface area contributed by atoms with Crippen molar-refractivity contribution in [2.24, 2.45) is 11.7 Å². The topological polar surface area (TPSA) is 58.4 Å². The highest BCUT2D eigenvalue weighted by molar-refractivity contribution is 7.80. The van der Waals surface area contributed by atoms with E-state index in [0.29, 0.717) is 4.99 Å². The molecule has 0 aromatic heterocycles. The molecule has 1 amide bonds. The van der Waals surface area contributed by atoms with Gasteiger partial charge in [0.1, 0.15) is 0 Å². The van der Waals surface area contributed by atoms with E-state index in [1.54, 1.807) is 7.05 Å². The lowest BCUT2D eigenvalue weighted by atomic mass is 9.93. The van der Waals surface area contributed by atoms with E-state index < -0.39 is 0 Å². The SMILES string of the molecule is CNC(=O)C1CCN(CC(C(N)=S)c2ccccc2)CC1. The number of amides is 1. The van der Waals surface area contributed by atoms with Crippen LogP contribution >= 0.6 is 12.2 Å². The summed E-state index contributed by atoms with van der Waals surface area (Å²) in [4.78, 5) is 14.5. The molecule has 114 valence electrons. The molecule has 2 rings (SSSR count). The molecule has 1 aromatic rings. The normalized spacial score (nSPS) is 18.1. The van der Waals surface area contributed by atoms with E-state index in [1.165, 1.54) is 5.56 Å². The average Bonchev–Trinajstić information content (AvgIpc) is 2.53. The van der Waals surface area contributed by atoms with Crippen LogP contribution in [0, 0.1) is 5.92 Å². The number of hydrogen-bond donors (Lipinski definition) is 2. The van der Waals surface area contributed by atoms with Crippen LogP contribution < -0.4 is 11.1 Å². The molecule has 1 fully saturated rings. The third-order valence-electron chi connectivity index (χ3n) is 4.19. The molecule has 1 atom stereocenters. The summed E-state index contributed by atoms with van der Waals surface area (Å²) in [7, 11) is 1.70. The van der Waals surface area contributed by atoms with Gasteiger partial charge in [-0.25, -0.2) is 0 Å². The second-order valence-electron chi connectivity index (χ2n) is 5.55. The maximum atomic E-state index is 11.7. The van der Waals surface area contributed by atoms with Crippen LogP contribution in [0.4, 0.5) is 0 Å². The second kappa shape index (κ2) is 7.52. The first kappa shape index (κ1) is 15.9. The molecule has 0 radical (unpaired) electrons. The van der Waals surface area contributed by atoms with Crippen LogP contribution in [0.5, 0.6) is 0 Å². The van der Waals surface area contributed by atoms with Crippen LogP contribution in [0.2, 0.25) is 0 Å². The molecule has 0 bridgehead atoms. The van der Waals surface area contributed by atoms with E-state index in [9.17, 15) is 4.79 Å². The predicted octanol–water partition coefficient (Wildman–Crippen LogP) is 1.51. The van der Waals surface area contributed by atoms with Crippen molar-refractivity contribution in [3.05, 3.63) is 35.9 Å². The molecule has 1 heterocycles. The zero-order valence-electron chi connectivity index (χ0n) is 12.4. The Kier molecular flexibility index (Phi) is 5.70. The predicted molar refractivity (Wildman–Crippen MR) is 89.2 cm³/mol. The Bertz CT molecular complexity index is 484. The van der Waals surface area contributed by atoms with Gasteiger partial charge in [-0.15, -0.1) is 0 Å². The number of nitrogens with one attached hydrogen (secondary N) is 1. The lowest BCUT2D eigenvalue weighted by molar-refractivity contribution is -0.125. The third kappa shape index (κ3) is 4.25. The van der Waals surface area contributed by atoms with Crippen molar-refractivity contribution in [2.45, 2.75) is 18.8 Å². The van der Waals surface area contributed by atoms with Gasteiger partial charge in [-0.1, -0.05) is 42.5 Å². The van der Waals surface area contributed by atoms with Crippen LogP contribution in [-0.4, -0.2) is 42.5 Å². The summed E-state index contributed by atoms with van der Waals surface area (Å²) in [5.41, 5.74) is 7.09. The molecule has 1 saturated heterocycles. The first-order chi connectivity index (χ1) is 10.1. The summed E-state index contributed by atoms with van der Waals surface area (Å²) in [5.74, 6) is 0.382. The number of hydrogen-bond acceptors (Lipinski definition) is 3. The monoisotopic (exact) mass is 305 g/mol. The van der Waals surface area contributed by atoms with Crippen molar-refractivity contribution in [3.63, 3.8) is 0 Å². The number of piperidine rings is 1. The second-order valence-corrected chi connectivity index (χ2v) is 6.03. The van der Waals surface area contributed by atoms with Gasteiger partial charge in [0.15, 0.2) is 0 Å². The standard InChI is InChI=1S/C16H23N3OS/c1-18-16(20)13-7-9-19(10-8-13)11-14(15(17)21)12-5-3-2-4-6-12/h2-6,13-14H,7-11H2,1H3,(H2,17,21)(H,18,20). The van der Waals surface area contributed by atoms with Crippen molar-refractivity contribution in [3.8, 4) is 0 Å². The zero-order chi connectivity index (χ0) is 15.2. The molecule has 0 aliphatic carbocycles. The number of nitrogens with zero attached hydrogens (tertiary/aromatic N) is 1. The van der Waals surface area contributed by atoms with E-state index >= 15 is 0 Å². The molecule has 1 aromatic carbocycles. The van der Waals surface area contributed by atoms with Gasteiger partial charge in [-0.2, -0.15) is 0 Å². The third-order valence-corrected chi connectivity index (χ3v) is 4.48. The van der Waals surface area contributed by atoms with Crippen molar-refractivity contribution < 1.29 is 4.79 Å². The lowest BCUT2D eigenvalue weighted by Crippen LogP contribution is -2.42. The molecule has 0 saturated carbocycles. The van der Waals surface area contributed by atoms with E-state index in [1.807, 2.05) is 18.2 Å². The number of benzene rings is 1. The Morgan fingerprint density at radius 3 is 2.52 bits per heavy atom. The lowest BCUT2D eigenvalue weighted by Gasteiger charge is -2.33. The molecule has 21 heavy (non-hydrogen) atoms. The van der Waals surface area contributed by atoms with Crippen LogP contribution in [0.15, 0.2) is 30.3 Å². The van der Waals surface area contributed by atoms with Crippen LogP contribution in [0.25, 0.3) is 0 Å². The van der Waals surface area contributed by atoms with Gasteiger partial charge in [-0.05, 0) is 31.5 Å². The zero-order valence-corrected chi connectivity index (χ0v) is 13.2. The van der Waals surface area contributed by atoms with E-state index in [2.05, 4.69) is 22.3 Å². The minimum atomic E-state index is 0.0813. The highest BCUT2D eigenvalue weighted by Gasteiger charge is 2.26. The fraction of sp³-hybridized carbons (Fsp3) is 0.500. The molecule has 1 aliphatic heterocycles. The molecule has 5 heteroatoms. The smallest absolute Gasteiger partial charge is 0.222 e. The van der Waals surface area contributed by atoms with Gasteiger partial charge in [-0.3, -0.25) is 4.79 Å². The molecule has 1 aliphatic rings. The van der Waals surface area contributed by atoms with E-state index in [-0.39, 0.29) is 17.7 Å². The fourth-order valence-corrected chi connectivity index (χ4v) is 3.10. The largest absolute Gasteiger partial charge is 0.393 e. The molecule has 1 unspecified atom stereocenters. The van der Waals surface area contributed by atoms with E-state index in [0.717, 1.165) is 32.5 Å². The summed E-state index contributed by atoms with van der Waals surface area (Å²) in [5, 5.41) is 2.74. The van der Waals surface area contributed by atoms with Gasteiger partial charge in [0.25, 0.3) is 0 Å². The molecule has 0 spiro atoms. The summed E-state index contributed by atoms with van der Waals surface area (Å²) in [6.07, 6.45) is 1.80. The highest BCUT2D eigenvalue weighted by atomic mass is 32.1. The number of carbonyl (C=O) groups excluding carboxylic acids is 1. The van der Waals surface area contributed by atoms with Gasteiger partial charge < -0.3 is 16.0 Å². The first-order valence-electron chi connectivity index (χ1n) is 7.40. The fourth-order valence-electron chi connectivity index (χ4n) is 2.89. The Labute approximate surface area is 131 Å². The average molecular weight is 305 g/mol. The molecular weight excluding hydrogens is 282 g/mol. The van der Waals surface area contributed by atoms with Crippen LogP contribution in [0.3, 0.4) is 0 Å². The van der Waals surface area contributed by atoms with Crippen molar-refractivity contribution >= 4 is 23.1 Å². The minimum absolute atomic E-state index is 0.0813. The Morgan fingerprint density at radius 1 is 1.38 bits per heavy atom. The Hall–Kier alpha value is -1.46. The number of nitrogens with two attached hydrogens (primary N) is 1. The minimum Gasteiger partial charge on any atom is -0.393 e. The van der Waals surface area contributed by atoms with E-state index in [4.69, 9.17) is 18.0 Å². The quantitative estimate of drug-likeness (QED) is 0.810. The molecule has 4 nitrogen and oxygen atoms in total. The van der Waals surface area contributed by atoms with Crippen molar-refractivity contribution in [1.29, 1.82) is 0 Å². The Balaban J connectivity index is 1.94. The number of carbonyl (C=O) groups is 1. The summed E-state index contributed by atoms with van der Waals surface area (Å²) in [6, 6.07) is 10.2. The van der Waals surface area contributed by atoms with Gasteiger partial charge >= 0.3 is 0 Å². The van der Waals surface area contributed by atoms with Crippen molar-refractivity contribution in [2.75, 3.05) is 26.7 Å². The molecule has 3 N–H and O–H groups in total. The highest BCUT2D eigenvalue weighted by Crippen LogP contribution is 2.22. The van der Waals surface area contributed by atoms with Crippen LogP contribution in [0.1, 0.15) is 24.3 Å². The number of thiocarbonyl (C=S) groups is 1. The summed E-state index contributed by atoms with van der Waals surface area (Å²) in [6.45, 7) is 2.67. The van der Waals surface area contributed by atoms with Crippen molar-refractivity contribution in [1.82, 2.24) is 10.2 Å². The first-order valence-corrected chi connectivity index (χ1v) is 7.81. The van der Waals surface area contributed by atoms with Gasteiger partial charge in [0, 0.05) is 25.4 Å². The summed E-state index contributed by atoms with van der Waals surface area (Å²) >= 11 is 5.24. The van der Waals surface area contributed by atoms with Crippen LogP contribution in [-0.2, 0) is 4.79 Å². The maximum absolute atomic E-state index is 11.7. The summed E-state index contributed by atoms with van der Waals surface area (Å²) < 4.78 is 0. The maximum Gasteiger partial charge on any atom is 0.222 e. The van der Waals surface area contributed by atoms with Gasteiger partial charge in [0.2, 0.25) is 5.91 Å². The number of likely N-dealkylation sites (tertiary alicyclic amines) is 1. The van der Waals surface area contributed by atoms with Gasteiger partial charge in [0.05, 0.1) is 4.99 Å². The number of rotatable bonds is 5. The Morgan fingerprint density at radius 2 is 2.00 bits per heavy atom.